The van der Waals surface area contributed by atoms with Gasteiger partial charge in [-0.15, -0.1) is 0 Å². The third-order valence-corrected chi connectivity index (χ3v) is 12.1. The summed E-state index contributed by atoms with van der Waals surface area (Å²) >= 11 is 0. The highest BCUT2D eigenvalue weighted by Crippen LogP contribution is 2.40. The van der Waals surface area contributed by atoms with Crippen molar-refractivity contribution >= 4 is 43.6 Å². The van der Waals surface area contributed by atoms with Crippen LogP contribution in [0, 0.1) is 0 Å². The molecule has 12 aromatic rings. The highest BCUT2D eigenvalue weighted by molar-refractivity contribution is 6.14. The van der Waals surface area contributed by atoms with E-state index in [4.69, 9.17) is 9.97 Å². The van der Waals surface area contributed by atoms with Crippen LogP contribution in [-0.4, -0.2) is 19.1 Å². The Kier molecular flexibility index (Phi) is 8.46. The first-order valence-electron chi connectivity index (χ1n) is 21.1. The van der Waals surface area contributed by atoms with Crippen molar-refractivity contribution in [2.24, 2.45) is 0 Å². The van der Waals surface area contributed by atoms with Crippen molar-refractivity contribution in [2.45, 2.75) is 0 Å². The third kappa shape index (κ3) is 6.00. The average molecular weight is 791 g/mol. The predicted molar refractivity (Wildman–Crippen MR) is 258 cm³/mol. The van der Waals surface area contributed by atoms with E-state index in [1.807, 2.05) is 24.3 Å². The summed E-state index contributed by atoms with van der Waals surface area (Å²) in [6, 6.07) is 82.2. The number of hydrogen-bond donors (Lipinski definition) is 0. The van der Waals surface area contributed by atoms with Crippen LogP contribution in [-0.2, 0) is 0 Å². The Bertz CT molecular complexity index is 3550. The van der Waals surface area contributed by atoms with Crippen LogP contribution in [0.4, 0.5) is 0 Å². The van der Waals surface area contributed by atoms with Gasteiger partial charge in [-0.25, -0.2) is 9.97 Å². The van der Waals surface area contributed by atoms with Gasteiger partial charge in [0.05, 0.1) is 33.5 Å². The standard InChI is InChI=1S/C58H38N4/c1-4-16-40(17-5-1)52-38-53(60-58(59-52)41-18-6-2-7-19-41)44-21-14-20-42(36-44)43-32-35-56-51(37-43)49-25-11-12-28-54(49)61(56)46-33-30-39(31-34-46)47-26-15-27-50-48-24-10-13-29-55(48)62(57(47)50)45-22-8-3-9-23-45/h1-38H. The van der Waals surface area contributed by atoms with Gasteiger partial charge in [-0.3, -0.25) is 0 Å². The van der Waals surface area contributed by atoms with Gasteiger partial charge in [0.25, 0.3) is 0 Å². The van der Waals surface area contributed by atoms with E-state index in [1.165, 1.54) is 54.7 Å². The second kappa shape index (κ2) is 14.7. The zero-order valence-corrected chi connectivity index (χ0v) is 33.7. The molecule has 0 bridgehead atoms. The fourth-order valence-corrected chi connectivity index (χ4v) is 9.24. The summed E-state index contributed by atoms with van der Waals surface area (Å²) in [5.41, 5.74) is 16.6. The molecule has 290 valence electrons. The number of nitrogens with zero attached hydrogens (tertiary/aromatic N) is 4. The van der Waals surface area contributed by atoms with E-state index in [1.54, 1.807) is 0 Å². The second-order valence-electron chi connectivity index (χ2n) is 15.8. The first-order valence-corrected chi connectivity index (χ1v) is 21.1. The maximum Gasteiger partial charge on any atom is 0.160 e. The summed E-state index contributed by atoms with van der Waals surface area (Å²) in [5, 5.41) is 4.94. The van der Waals surface area contributed by atoms with Crippen LogP contribution in [0.25, 0.3) is 111 Å². The lowest BCUT2D eigenvalue weighted by Crippen LogP contribution is -1.96. The predicted octanol–water partition coefficient (Wildman–Crippen LogP) is 15.0. The summed E-state index contributed by atoms with van der Waals surface area (Å²) < 4.78 is 4.80. The largest absolute Gasteiger partial charge is 0.309 e. The number of hydrogen-bond acceptors (Lipinski definition) is 2. The van der Waals surface area contributed by atoms with Gasteiger partial charge in [0, 0.05) is 55.2 Å². The molecule has 0 atom stereocenters. The molecule has 4 heteroatoms. The fraction of sp³-hybridized carbons (Fsp3) is 0. The minimum Gasteiger partial charge on any atom is -0.309 e. The molecule has 9 aromatic carbocycles. The number of rotatable bonds is 7. The molecule has 0 saturated heterocycles. The molecular weight excluding hydrogens is 753 g/mol. The highest BCUT2D eigenvalue weighted by atomic mass is 15.0. The van der Waals surface area contributed by atoms with E-state index < -0.39 is 0 Å². The van der Waals surface area contributed by atoms with Gasteiger partial charge in [-0.2, -0.15) is 0 Å². The SMILES string of the molecule is c1ccc(-c2cc(-c3cccc(-c4ccc5c(c4)c4ccccc4n5-c4ccc(-c5cccc6c7ccccc7n(-c7ccccc7)c56)cc4)c3)nc(-c3ccccc3)n2)cc1. The minimum absolute atomic E-state index is 0.710. The van der Waals surface area contributed by atoms with Crippen molar-refractivity contribution < 1.29 is 0 Å². The summed E-state index contributed by atoms with van der Waals surface area (Å²) in [5.74, 6) is 0.710. The van der Waals surface area contributed by atoms with E-state index in [0.717, 1.165) is 50.6 Å². The lowest BCUT2D eigenvalue weighted by atomic mass is 9.99. The minimum atomic E-state index is 0.710. The van der Waals surface area contributed by atoms with Crippen LogP contribution >= 0.6 is 0 Å². The molecule has 0 aliphatic carbocycles. The highest BCUT2D eigenvalue weighted by Gasteiger charge is 2.18. The van der Waals surface area contributed by atoms with Gasteiger partial charge < -0.3 is 9.13 Å². The monoisotopic (exact) mass is 790 g/mol. The molecule has 3 aromatic heterocycles. The van der Waals surface area contributed by atoms with Crippen molar-refractivity contribution in [1.82, 2.24) is 19.1 Å². The van der Waals surface area contributed by atoms with Gasteiger partial charge in [0.15, 0.2) is 5.82 Å². The molecule has 0 unspecified atom stereocenters. The number of fused-ring (bicyclic) bond motifs is 6. The van der Waals surface area contributed by atoms with Crippen LogP contribution in [0.3, 0.4) is 0 Å². The molecule has 0 aliphatic rings. The number of aromatic nitrogens is 4. The van der Waals surface area contributed by atoms with Crippen molar-refractivity contribution in [2.75, 3.05) is 0 Å². The molecule has 12 rings (SSSR count). The number of para-hydroxylation sites is 4. The van der Waals surface area contributed by atoms with E-state index in [0.29, 0.717) is 5.82 Å². The number of benzene rings is 9. The summed E-state index contributed by atoms with van der Waals surface area (Å²) in [4.78, 5) is 10.1. The van der Waals surface area contributed by atoms with Crippen molar-refractivity contribution in [3.05, 3.63) is 231 Å². The lowest BCUT2D eigenvalue weighted by Gasteiger charge is -2.13. The summed E-state index contributed by atoms with van der Waals surface area (Å²) in [6.45, 7) is 0. The maximum atomic E-state index is 5.11. The first-order chi connectivity index (χ1) is 30.7. The van der Waals surface area contributed by atoms with Crippen LogP contribution in [0.5, 0.6) is 0 Å². The molecule has 0 N–H and O–H groups in total. The molecule has 0 saturated carbocycles. The fourth-order valence-electron chi connectivity index (χ4n) is 9.24. The third-order valence-electron chi connectivity index (χ3n) is 12.1. The van der Waals surface area contributed by atoms with Gasteiger partial charge in [0.1, 0.15) is 0 Å². The quantitative estimate of drug-likeness (QED) is 0.161. The van der Waals surface area contributed by atoms with E-state index in [2.05, 4.69) is 215 Å². The van der Waals surface area contributed by atoms with Crippen LogP contribution < -0.4 is 0 Å². The van der Waals surface area contributed by atoms with Crippen molar-refractivity contribution in [3.8, 4) is 67.5 Å². The molecular formula is C58H38N4. The molecule has 62 heavy (non-hydrogen) atoms. The van der Waals surface area contributed by atoms with E-state index >= 15 is 0 Å². The van der Waals surface area contributed by atoms with E-state index in [-0.39, 0.29) is 0 Å². The summed E-state index contributed by atoms with van der Waals surface area (Å²) in [7, 11) is 0. The Morgan fingerprint density at radius 1 is 0.274 bits per heavy atom. The normalized spacial score (nSPS) is 11.5. The molecule has 4 nitrogen and oxygen atoms in total. The zero-order valence-electron chi connectivity index (χ0n) is 33.7. The Balaban J connectivity index is 0.945. The summed E-state index contributed by atoms with van der Waals surface area (Å²) in [6.07, 6.45) is 0. The molecule has 0 amide bonds. The van der Waals surface area contributed by atoms with Crippen LogP contribution in [0.15, 0.2) is 231 Å². The van der Waals surface area contributed by atoms with Crippen molar-refractivity contribution in [3.63, 3.8) is 0 Å². The van der Waals surface area contributed by atoms with Gasteiger partial charge in [-0.1, -0.05) is 170 Å². The van der Waals surface area contributed by atoms with Gasteiger partial charge in [-0.05, 0) is 77.4 Å². The Labute approximate surface area is 359 Å². The van der Waals surface area contributed by atoms with Crippen LogP contribution in [0.1, 0.15) is 0 Å². The first kappa shape index (κ1) is 35.6. The topological polar surface area (TPSA) is 35.6 Å². The molecule has 0 radical (unpaired) electrons. The van der Waals surface area contributed by atoms with Crippen LogP contribution in [0.2, 0.25) is 0 Å². The Morgan fingerprint density at radius 3 is 1.52 bits per heavy atom. The molecule has 0 fully saturated rings. The second-order valence-corrected chi connectivity index (χ2v) is 15.8. The molecule has 0 spiro atoms. The van der Waals surface area contributed by atoms with Gasteiger partial charge in [0.2, 0.25) is 0 Å². The molecule has 3 heterocycles. The zero-order chi connectivity index (χ0) is 41.0. The van der Waals surface area contributed by atoms with E-state index in [9.17, 15) is 0 Å². The smallest absolute Gasteiger partial charge is 0.160 e. The average Bonchev–Trinajstić information content (AvgIpc) is 3.88. The molecule has 0 aliphatic heterocycles. The lowest BCUT2D eigenvalue weighted by molar-refractivity contribution is 1.17. The van der Waals surface area contributed by atoms with Gasteiger partial charge >= 0.3 is 0 Å². The Morgan fingerprint density at radius 2 is 0.774 bits per heavy atom. The maximum absolute atomic E-state index is 5.11. The van der Waals surface area contributed by atoms with Crippen molar-refractivity contribution in [1.29, 1.82) is 0 Å². The Hall–Kier alpha value is -8.34.